The van der Waals surface area contributed by atoms with Gasteiger partial charge in [-0.2, -0.15) is 0 Å². The molecular formula is C16H18N2O2. The van der Waals surface area contributed by atoms with E-state index in [1.54, 1.807) is 12.1 Å². The molecule has 0 bridgehead atoms. The number of nitrogens with one attached hydrogen (secondary N) is 1. The van der Waals surface area contributed by atoms with Crippen LogP contribution in [0.2, 0.25) is 0 Å². The van der Waals surface area contributed by atoms with Gasteiger partial charge in [0.05, 0.1) is 6.20 Å². The van der Waals surface area contributed by atoms with E-state index in [9.17, 15) is 9.90 Å². The van der Waals surface area contributed by atoms with Crippen molar-refractivity contribution in [2.75, 3.05) is 7.05 Å². The fourth-order valence-corrected chi connectivity index (χ4v) is 2.03. The SMILES string of the molecule is CNC(CC(=O)c1ccccc1)Cc1ccc(O)cn1. The van der Waals surface area contributed by atoms with Gasteiger partial charge in [-0.05, 0) is 19.2 Å². The third kappa shape index (κ3) is 3.90. The summed E-state index contributed by atoms with van der Waals surface area (Å²) >= 11 is 0. The van der Waals surface area contributed by atoms with E-state index >= 15 is 0 Å². The van der Waals surface area contributed by atoms with Crippen molar-refractivity contribution < 1.29 is 9.90 Å². The van der Waals surface area contributed by atoms with Crippen molar-refractivity contribution >= 4 is 5.78 Å². The van der Waals surface area contributed by atoms with Crippen molar-refractivity contribution in [2.45, 2.75) is 18.9 Å². The van der Waals surface area contributed by atoms with Gasteiger partial charge >= 0.3 is 0 Å². The largest absolute Gasteiger partial charge is 0.506 e. The van der Waals surface area contributed by atoms with Gasteiger partial charge in [-0.1, -0.05) is 30.3 Å². The van der Waals surface area contributed by atoms with Gasteiger partial charge in [-0.3, -0.25) is 9.78 Å². The van der Waals surface area contributed by atoms with Crippen LogP contribution >= 0.6 is 0 Å². The Kier molecular flexibility index (Phi) is 4.85. The highest BCUT2D eigenvalue weighted by atomic mass is 16.3. The van der Waals surface area contributed by atoms with Crippen molar-refractivity contribution in [1.82, 2.24) is 10.3 Å². The monoisotopic (exact) mass is 270 g/mol. The fourth-order valence-electron chi connectivity index (χ4n) is 2.03. The van der Waals surface area contributed by atoms with E-state index in [-0.39, 0.29) is 17.6 Å². The number of likely N-dealkylation sites (N-methyl/N-ethyl adjacent to an activating group) is 1. The van der Waals surface area contributed by atoms with E-state index in [4.69, 9.17) is 0 Å². The smallest absolute Gasteiger partial charge is 0.164 e. The number of Topliss-reactive ketones (excluding diaryl/α,β-unsaturated/α-hetero) is 1. The average Bonchev–Trinajstić information content (AvgIpc) is 2.49. The number of ketones is 1. The molecule has 1 unspecified atom stereocenters. The number of benzene rings is 1. The normalized spacial score (nSPS) is 12.1. The number of carbonyl (C=O) groups is 1. The molecule has 1 aromatic heterocycles. The predicted molar refractivity (Wildman–Crippen MR) is 77.8 cm³/mol. The number of aromatic nitrogens is 1. The van der Waals surface area contributed by atoms with E-state index < -0.39 is 0 Å². The zero-order valence-electron chi connectivity index (χ0n) is 11.4. The average molecular weight is 270 g/mol. The molecule has 1 aromatic carbocycles. The van der Waals surface area contributed by atoms with Gasteiger partial charge in [0.15, 0.2) is 5.78 Å². The molecule has 104 valence electrons. The molecule has 0 aliphatic carbocycles. The van der Waals surface area contributed by atoms with Crippen LogP contribution in [-0.4, -0.2) is 29.0 Å². The van der Waals surface area contributed by atoms with Crippen LogP contribution in [0.25, 0.3) is 0 Å². The molecule has 0 fully saturated rings. The zero-order chi connectivity index (χ0) is 14.4. The molecule has 4 nitrogen and oxygen atoms in total. The Labute approximate surface area is 118 Å². The van der Waals surface area contributed by atoms with Gasteiger partial charge in [0, 0.05) is 30.1 Å². The maximum atomic E-state index is 12.2. The minimum absolute atomic E-state index is 0.0275. The van der Waals surface area contributed by atoms with Gasteiger partial charge in [0.1, 0.15) is 5.75 Å². The Balaban J connectivity index is 1.99. The van der Waals surface area contributed by atoms with E-state index in [1.165, 1.54) is 6.20 Å². The molecule has 0 spiro atoms. The summed E-state index contributed by atoms with van der Waals surface area (Å²) in [6.45, 7) is 0. The summed E-state index contributed by atoms with van der Waals surface area (Å²) in [7, 11) is 1.84. The van der Waals surface area contributed by atoms with Crippen LogP contribution in [-0.2, 0) is 6.42 Å². The number of rotatable bonds is 6. The highest BCUT2D eigenvalue weighted by Crippen LogP contribution is 2.11. The second-order valence-electron chi connectivity index (χ2n) is 4.69. The summed E-state index contributed by atoms with van der Waals surface area (Å²) < 4.78 is 0. The van der Waals surface area contributed by atoms with Crippen LogP contribution in [0.4, 0.5) is 0 Å². The van der Waals surface area contributed by atoms with E-state index in [0.717, 1.165) is 11.3 Å². The number of pyridine rings is 1. The molecular weight excluding hydrogens is 252 g/mol. The number of carbonyl (C=O) groups excluding carboxylic acids is 1. The van der Waals surface area contributed by atoms with E-state index in [2.05, 4.69) is 10.3 Å². The molecule has 2 N–H and O–H groups in total. The van der Waals surface area contributed by atoms with Gasteiger partial charge in [-0.25, -0.2) is 0 Å². The molecule has 2 aromatic rings. The lowest BCUT2D eigenvalue weighted by Gasteiger charge is -2.15. The lowest BCUT2D eigenvalue weighted by atomic mass is 10.0. The van der Waals surface area contributed by atoms with Crippen LogP contribution in [0.15, 0.2) is 48.7 Å². The number of aromatic hydroxyl groups is 1. The van der Waals surface area contributed by atoms with Crippen LogP contribution in [0.5, 0.6) is 5.75 Å². The van der Waals surface area contributed by atoms with Crippen LogP contribution < -0.4 is 5.32 Å². The Bertz CT molecular complexity index is 552. The molecule has 20 heavy (non-hydrogen) atoms. The fraction of sp³-hybridized carbons (Fsp3) is 0.250. The summed E-state index contributed by atoms with van der Waals surface area (Å²) in [5, 5.41) is 12.4. The summed E-state index contributed by atoms with van der Waals surface area (Å²) in [5.74, 6) is 0.263. The highest BCUT2D eigenvalue weighted by Gasteiger charge is 2.14. The van der Waals surface area contributed by atoms with Crippen molar-refractivity contribution in [2.24, 2.45) is 0 Å². The Morgan fingerprint density at radius 3 is 2.60 bits per heavy atom. The van der Waals surface area contributed by atoms with Crippen molar-refractivity contribution in [3.05, 3.63) is 59.9 Å². The molecule has 0 saturated heterocycles. The maximum Gasteiger partial charge on any atom is 0.164 e. The van der Waals surface area contributed by atoms with Crippen molar-refractivity contribution in [3.8, 4) is 5.75 Å². The number of nitrogens with zero attached hydrogens (tertiary/aromatic N) is 1. The maximum absolute atomic E-state index is 12.2. The van der Waals surface area contributed by atoms with Crippen LogP contribution in [0.3, 0.4) is 0 Å². The Hall–Kier alpha value is -2.20. The molecule has 4 heteroatoms. The summed E-state index contributed by atoms with van der Waals surface area (Å²) in [4.78, 5) is 16.3. The third-order valence-electron chi connectivity index (χ3n) is 3.20. The lowest BCUT2D eigenvalue weighted by Crippen LogP contribution is -2.30. The summed E-state index contributed by atoms with van der Waals surface area (Å²) in [6.07, 6.45) is 2.49. The Morgan fingerprint density at radius 2 is 2.00 bits per heavy atom. The molecule has 1 atom stereocenters. The van der Waals surface area contributed by atoms with Crippen LogP contribution in [0, 0.1) is 0 Å². The van der Waals surface area contributed by atoms with Crippen molar-refractivity contribution in [1.29, 1.82) is 0 Å². The molecule has 0 saturated carbocycles. The topological polar surface area (TPSA) is 62.2 Å². The molecule has 0 aliphatic heterocycles. The van der Waals surface area contributed by atoms with Crippen molar-refractivity contribution in [3.63, 3.8) is 0 Å². The molecule has 0 aliphatic rings. The third-order valence-corrected chi connectivity index (χ3v) is 3.20. The summed E-state index contributed by atoms with van der Waals surface area (Å²) in [6, 6.07) is 12.7. The van der Waals surface area contributed by atoms with Gasteiger partial charge in [-0.15, -0.1) is 0 Å². The second-order valence-corrected chi connectivity index (χ2v) is 4.69. The van der Waals surface area contributed by atoms with Gasteiger partial charge < -0.3 is 10.4 Å². The number of hydrogen-bond acceptors (Lipinski definition) is 4. The first-order chi connectivity index (χ1) is 9.69. The molecule has 0 radical (unpaired) electrons. The minimum atomic E-state index is 0.0275. The first-order valence-electron chi connectivity index (χ1n) is 6.58. The standard InChI is InChI=1S/C16H18N2O2/c1-17-14(9-13-7-8-15(19)11-18-13)10-16(20)12-5-3-2-4-6-12/h2-8,11,14,17,19H,9-10H2,1H3. The van der Waals surface area contributed by atoms with Gasteiger partial charge in [0.25, 0.3) is 0 Å². The van der Waals surface area contributed by atoms with E-state index in [0.29, 0.717) is 12.8 Å². The molecule has 2 rings (SSSR count). The van der Waals surface area contributed by atoms with Gasteiger partial charge in [0.2, 0.25) is 0 Å². The highest BCUT2D eigenvalue weighted by molar-refractivity contribution is 5.96. The van der Waals surface area contributed by atoms with Crippen LogP contribution in [0.1, 0.15) is 22.5 Å². The second kappa shape index (κ2) is 6.82. The summed E-state index contributed by atoms with van der Waals surface area (Å²) in [5.41, 5.74) is 1.58. The first-order valence-corrected chi connectivity index (χ1v) is 6.58. The molecule has 1 heterocycles. The first kappa shape index (κ1) is 14.2. The van der Waals surface area contributed by atoms with E-state index in [1.807, 2.05) is 37.4 Å². The quantitative estimate of drug-likeness (QED) is 0.790. The zero-order valence-corrected chi connectivity index (χ0v) is 11.4. The minimum Gasteiger partial charge on any atom is -0.506 e. The lowest BCUT2D eigenvalue weighted by molar-refractivity contribution is 0.0970. The Morgan fingerprint density at radius 1 is 1.25 bits per heavy atom. The number of hydrogen-bond donors (Lipinski definition) is 2. The predicted octanol–water partition coefficient (Wildman–Crippen LogP) is 2.19. The molecule has 0 amide bonds.